The minimum atomic E-state index is -3.19. The van der Waals surface area contributed by atoms with E-state index in [0.717, 1.165) is 0 Å². The summed E-state index contributed by atoms with van der Waals surface area (Å²) in [6, 6.07) is -0.884. The van der Waals surface area contributed by atoms with Crippen LogP contribution in [0.5, 0.6) is 0 Å². The van der Waals surface area contributed by atoms with E-state index >= 15 is 0 Å². The Bertz CT molecular complexity index is 277. The second kappa shape index (κ2) is 6.21. The quantitative estimate of drug-likeness (QED) is 0.504. The molecule has 1 atom stereocenters. The molecule has 0 rings (SSSR count). The lowest BCUT2D eigenvalue weighted by atomic mass is 10.2. The molecule has 14 heavy (non-hydrogen) atoms. The summed E-state index contributed by atoms with van der Waals surface area (Å²) in [6.45, 7) is 0. The first-order chi connectivity index (χ1) is 6.43. The Kier molecular flexibility index (Phi) is 6.06. The van der Waals surface area contributed by atoms with Crippen LogP contribution in [0.2, 0.25) is 0 Å². The van der Waals surface area contributed by atoms with Crippen LogP contribution >= 0.6 is 11.6 Å². The zero-order valence-corrected chi connectivity index (χ0v) is 9.47. The molecule has 0 aromatic carbocycles. The van der Waals surface area contributed by atoms with Gasteiger partial charge in [-0.15, -0.1) is 11.6 Å². The molecule has 0 aliphatic carbocycles. The largest absolute Gasteiger partial charge is 0.468 e. The smallest absolute Gasteiger partial charge is 0.322 e. The number of esters is 1. The van der Waals surface area contributed by atoms with Crippen LogP contribution in [0, 0.1) is 0 Å². The molecule has 7 heteroatoms. The normalized spacial score (nSPS) is 13.6. The highest BCUT2D eigenvalue weighted by atomic mass is 35.5. The van der Waals surface area contributed by atoms with E-state index in [1.54, 1.807) is 0 Å². The van der Waals surface area contributed by atoms with Crippen molar-refractivity contribution in [3.8, 4) is 0 Å². The highest BCUT2D eigenvalue weighted by Gasteiger charge is 2.18. The molecule has 0 spiro atoms. The predicted octanol–water partition coefficient (Wildman–Crippen LogP) is -0.470. The fourth-order valence-electron chi connectivity index (χ4n) is 0.795. The number of halogens is 1. The lowest BCUT2D eigenvalue weighted by Gasteiger charge is -2.08. The molecule has 0 bridgehead atoms. The fourth-order valence-corrected chi connectivity index (χ4v) is 2.55. The van der Waals surface area contributed by atoms with Crippen molar-refractivity contribution in [3.05, 3.63) is 0 Å². The monoisotopic (exact) mass is 243 g/mol. The minimum Gasteiger partial charge on any atom is -0.468 e. The van der Waals surface area contributed by atoms with E-state index in [1.807, 2.05) is 0 Å². The number of hydrogen-bond donors (Lipinski definition) is 1. The molecule has 0 saturated carbocycles. The predicted molar refractivity (Wildman–Crippen MR) is 54.0 cm³/mol. The molecule has 0 radical (unpaired) electrons. The van der Waals surface area contributed by atoms with Gasteiger partial charge >= 0.3 is 5.97 Å². The summed E-state index contributed by atoms with van der Waals surface area (Å²) in [6.07, 6.45) is 0.0614. The Morgan fingerprint density at radius 2 is 2.07 bits per heavy atom. The Balaban J connectivity index is 4.00. The molecule has 5 nitrogen and oxygen atoms in total. The van der Waals surface area contributed by atoms with Gasteiger partial charge in [-0.25, -0.2) is 8.42 Å². The van der Waals surface area contributed by atoms with Crippen molar-refractivity contribution in [1.82, 2.24) is 0 Å². The van der Waals surface area contributed by atoms with E-state index in [-0.39, 0.29) is 23.8 Å². The van der Waals surface area contributed by atoms with Gasteiger partial charge in [-0.1, -0.05) is 0 Å². The lowest BCUT2D eigenvalue weighted by Crippen LogP contribution is -2.33. The lowest BCUT2D eigenvalue weighted by molar-refractivity contribution is -0.142. The summed E-state index contributed by atoms with van der Waals surface area (Å²) >= 11 is 5.29. The van der Waals surface area contributed by atoms with E-state index in [0.29, 0.717) is 0 Å². The summed E-state index contributed by atoms with van der Waals surface area (Å²) in [5, 5.41) is 0. The minimum absolute atomic E-state index is 0.0514. The summed E-state index contributed by atoms with van der Waals surface area (Å²) in [5.74, 6) is -0.792. The number of sulfone groups is 1. The zero-order chi connectivity index (χ0) is 11.2. The van der Waals surface area contributed by atoms with Crippen LogP contribution in [0.25, 0.3) is 0 Å². The van der Waals surface area contributed by atoms with Crippen LogP contribution in [0.4, 0.5) is 0 Å². The third-order valence-corrected chi connectivity index (χ3v) is 3.73. The van der Waals surface area contributed by atoms with Crippen molar-refractivity contribution < 1.29 is 17.9 Å². The summed E-state index contributed by atoms with van der Waals surface area (Å²) in [7, 11) is -1.98. The molecule has 2 N–H and O–H groups in total. The first kappa shape index (κ1) is 13.7. The third-order valence-electron chi connectivity index (χ3n) is 1.63. The fraction of sp³-hybridized carbons (Fsp3) is 0.857. The van der Waals surface area contributed by atoms with Crippen molar-refractivity contribution in [2.45, 2.75) is 12.5 Å². The molecule has 0 amide bonds. The van der Waals surface area contributed by atoms with Gasteiger partial charge in [-0.2, -0.15) is 0 Å². The molecule has 84 valence electrons. The number of ether oxygens (including phenoxy) is 1. The van der Waals surface area contributed by atoms with Gasteiger partial charge in [-0.05, 0) is 6.42 Å². The second-order valence-electron chi connectivity index (χ2n) is 2.76. The van der Waals surface area contributed by atoms with Crippen LogP contribution in [-0.2, 0) is 19.4 Å². The average Bonchev–Trinajstić information content (AvgIpc) is 2.13. The maximum atomic E-state index is 11.2. The molecule has 0 saturated heterocycles. The van der Waals surface area contributed by atoms with Gasteiger partial charge in [0.05, 0.1) is 18.6 Å². The first-order valence-corrected chi connectivity index (χ1v) is 6.38. The molecular weight excluding hydrogens is 230 g/mol. The first-order valence-electron chi connectivity index (χ1n) is 4.02. The van der Waals surface area contributed by atoms with Crippen molar-refractivity contribution >= 4 is 27.4 Å². The van der Waals surface area contributed by atoms with E-state index in [4.69, 9.17) is 17.3 Å². The van der Waals surface area contributed by atoms with Gasteiger partial charge in [0.2, 0.25) is 0 Å². The van der Waals surface area contributed by atoms with E-state index in [1.165, 1.54) is 7.11 Å². The van der Waals surface area contributed by atoms with Gasteiger partial charge in [0.25, 0.3) is 0 Å². The number of hydrogen-bond acceptors (Lipinski definition) is 5. The van der Waals surface area contributed by atoms with Gasteiger partial charge in [0, 0.05) is 5.88 Å². The SMILES string of the molecule is COC(=O)C(N)CCS(=O)(=O)CCCl. The maximum Gasteiger partial charge on any atom is 0.322 e. The van der Waals surface area contributed by atoms with E-state index in [9.17, 15) is 13.2 Å². The number of methoxy groups -OCH3 is 1. The molecule has 1 unspecified atom stereocenters. The van der Waals surface area contributed by atoms with Gasteiger partial charge in [-0.3, -0.25) is 4.79 Å². The molecule has 0 aliphatic rings. The summed E-state index contributed by atoms with van der Waals surface area (Å²) < 4.78 is 26.7. The van der Waals surface area contributed by atoms with Crippen LogP contribution in [0.15, 0.2) is 0 Å². The van der Waals surface area contributed by atoms with Crippen molar-refractivity contribution in [2.24, 2.45) is 5.73 Å². The molecule has 0 aliphatic heterocycles. The molecule has 0 fully saturated rings. The van der Waals surface area contributed by atoms with Gasteiger partial charge in [0.1, 0.15) is 6.04 Å². The average molecular weight is 244 g/mol. The Morgan fingerprint density at radius 1 is 1.50 bits per heavy atom. The summed E-state index contributed by atoms with van der Waals surface area (Å²) in [5.41, 5.74) is 5.36. The van der Waals surface area contributed by atoms with Gasteiger partial charge in [0.15, 0.2) is 9.84 Å². The number of alkyl halides is 1. The van der Waals surface area contributed by atoms with Crippen molar-refractivity contribution in [1.29, 1.82) is 0 Å². The van der Waals surface area contributed by atoms with Gasteiger partial charge < -0.3 is 10.5 Å². The number of carbonyl (C=O) groups excluding carboxylic acids is 1. The number of nitrogens with two attached hydrogens (primary N) is 1. The standard InChI is InChI=1S/C7H14ClNO4S/c1-13-7(10)6(9)2-4-14(11,12)5-3-8/h6H,2-5,9H2,1H3. The maximum absolute atomic E-state index is 11.2. The van der Waals surface area contributed by atoms with Crippen LogP contribution in [-0.4, -0.2) is 44.9 Å². The van der Waals surface area contributed by atoms with E-state index < -0.39 is 21.8 Å². The van der Waals surface area contributed by atoms with Crippen molar-refractivity contribution in [3.63, 3.8) is 0 Å². The topological polar surface area (TPSA) is 86.5 Å². The van der Waals surface area contributed by atoms with Crippen molar-refractivity contribution in [2.75, 3.05) is 24.5 Å². The Hall–Kier alpha value is -0.330. The number of carbonyl (C=O) groups is 1. The second-order valence-corrected chi connectivity index (χ2v) is 5.44. The molecule has 0 heterocycles. The van der Waals surface area contributed by atoms with Crippen LogP contribution in [0.3, 0.4) is 0 Å². The molecule has 0 aromatic rings. The van der Waals surface area contributed by atoms with Crippen LogP contribution in [0.1, 0.15) is 6.42 Å². The van der Waals surface area contributed by atoms with E-state index in [2.05, 4.69) is 4.74 Å². The molecule has 0 aromatic heterocycles. The Labute approximate surface area is 88.5 Å². The third kappa shape index (κ3) is 5.41. The highest BCUT2D eigenvalue weighted by Crippen LogP contribution is 1.99. The summed E-state index contributed by atoms with van der Waals surface area (Å²) in [4.78, 5) is 10.8. The zero-order valence-electron chi connectivity index (χ0n) is 7.90. The number of rotatable bonds is 6. The highest BCUT2D eigenvalue weighted by molar-refractivity contribution is 7.91. The molecular formula is C7H14ClNO4S. The Morgan fingerprint density at radius 3 is 2.50 bits per heavy atom. The van der Waals surface area contributed by atoms with Crippen LogP contribution < -0.4 is 5.73 Å².